The summed E-state index contributed by atoms with van der Waals surface area (Å²) in [5, 5.41) is 17.1. The predicted octanol–water partition coefficient (Wildman–Crippen LogP) is 2.12. The number of hydrogen-bond acceptors (Lipinski definition) is 6. The molecule has 1 fully saturated rings. The maximum absolute atomic E-state index is 13.1. The van der Waals surface area contributed by atoms with Crippen molar-refractivity contribution >= 4 is 35.0 Å². The molecule has 1 heterocycles. The van der Waals surface area contributed by atoms with Crippen LogP contribution in [0.2, 0.25) is 0 Å². The van der Waals surface area contributed by atoms with Crippen LogP contribution in [0.5, 0.6) is 5.75 Å². The molecule has 2 rings (SSSR count). The molecule has 1 saturated heterocycles. The smallest absolute Gasteiger partial charge is 0.481 e. The van der Waals surface area contributed by atoms with Gasteiger partial charge in [-0.15, -0.1) is 18.3 Å². The van der Waals surface area contributed by atoms with Crippen LogP contribution in [0.4, 0.5) is 17.6 Å². The number of thioether (sulfide) groups is 1. The SMILES string of the molecule is O=C(O)CC1SC(=NN=Cc2ccc(F)cc2OC(F)(F)F)NC1=O. The van der Waals surface area contributed by atoms with Crippen LogP contribution in [0.1, 0.15) is 12.0 Å². The summed E-state index contributed by atoms with van der Waals surface area (Å²) in [6, 6.07) is 2.46. The first-order valence-corrected chi connectivity index (χ1v) is 7.37. The molecule has 1 atom stereocenters. The number of alkyl halides is 3. The summed E-state index contributed by atoms with van der Waals surface area (Å²) >= 11 is 0.822. The highest BCUT2D eigenvalue weighted by atomic mass is 32.2. The summed E-state index contributed by atoms with van der Waals surface area (Å²) in [6.45, 7) is 0. The van der Waals surface area contributed by atoms with Gasteiger partial charge in [-0.1, -0.05) is 11.8 Å². The summed E-state index contributed by atoms with van der Waals surface area (Å²) in [5.74, 6) is -3.47. The van der Waals surface area contributed by atoms with Crippen molar-refractivity contribution in [2.45, 2.75) is 18.0 Å². The summed E-state index contributed by atoms with van der Waals surface area (Å²) in [4.78, 5) is 22.1. The third kappa shape index (κ3) is 5.74. The molecular formula is C13H9F4N3O4S. The second-order valence-corrected chi connectivity index (χ2v) is 5.76. The zero-order chi connectivity index (χ0) is 18.6. The van der Waals surface area contributed by atoms with E-state index < -0.39 is 41.5 Å². The Morgan fingerprint density at radius 1 is 1.44 bits per heavy atom. The number of rotatable bonds is 5. The Labute approximate surface area is 141 Å². The number of aliphatic carboxylic acids is 1. The summed E-state index contributed by atoms with van der Waals surface area (Å²) in [5.41, 5.74) is -0.195. The van der Waals surface area contributed by atoms with Crippen molar-refractivity contribution in [3.05, 3.63) is 29.6 Å². The van der Waals surface area contributed by atoms with E-state index in [1.54, 1.807) is 0 Å². The van der Waals surface area contributed by atoms with Crippen LogP contribution in [-0.2, 0) is 9.59 Å². The van der Waals surface area contributed by atoms with E-state index in [0.29, 0.717) is 6.07 Å². The van der Waals surface area contributed by atoms with E-state index in [0.717, 1.165) is 30.1 Å². The number of carboxylic acid groups (broad SMARTS) is 1. The summed E-state index contributed by atoms with van der Waals surface area (Å²) < 4.78 is 53.6. The van der Waals surface area contributed by atoms with Crippen LogP contribution in [-0.4, -0.2) is 40.0 Å². The van der Waals surface area contributed by atoms with Crippen molar-refractivity contribution in [3.63, 3.8) is 0 Å². The molecule has 0 bridgehead atoms. The number of benzene rings is 1. The number of carbonyl (C=O) groups excluding carboxylic acids is 1. The lowest BCUT2D eigenvalue weighted by molar-refractivity contribution is -0.274. The highest BCUT2D eigenvalue weighted by Crippen LogP contribution is 2.26. The van der Waals surface area contributed by atoms with Gasteiger partial charge in [0.1, 0.15) is 16.8 Å². The van der Waals surface area contributed by atoms with Gasteiger partial charge in [0.15, 0.2) is 5.17 Å². The lowest BCUT2D eigenvalue weighted by atomic mass is 10.2. The fourth-order valence-corrected chi connectivity index (χ4v) is 2.63. The molecule has 25 heavy (non-hydrogen) atoms. The molecule has 12 heteroatoms. The van der Waals surface area contributed by atoms with Crippen LogP contribution in [0.3, 0.4) is 0 Å². The average molecular weight is 379 g/mol. The molecule has 1 amide bonds. The Hall–Kier alpha value is -2.63. The third-order valence-electron chi connectivity index (χ3n) is 2.68. The van der Waals surface area contributed by atoms with Crippen molar-refractivity contribution in [1.29, 1.82) is 0 Å². The van der Waals surface area contributed by atoms with Gasteiger partial charge in [-0.3, -0.25) is 9.59 Å². The Morgan fingerprint density at radius 2 is 2.16 bits per heavy atom. The fraction of sp³-hybridized carbons (Fsp3) is 0.231. The van der Waals surface area contributed by atoms with Crippen molar-refractivity contribution in [1.82, 2.24) is 5.32 Å². The normalized spacial score (nSPS) is 19.4. The Morgan fingerprint density at radius 3 is 2.80 bits per heavy atom. The van der Waals surface area contributed by atoms with Crippen LogP contribution in [0.25, 0.3) is 0 Å². The Bertz CT molecular complexity index is 751. The van der Waals surface area contributed by atoms with Gasteiger partial charge in [-0.05, 0) is 12.1 Å². The molecule has 134 valence electrons. The molecule has 1 aromatic rings. The van der Waals surface area contributed by atoms with Gasteiger partial charge in [-0.2, -0.15) is 5.10 Å². The van der Waals surface area contributed by atoms with Gasteiger partial charge in [0.2, 0.25) is 5.91 Å². The number of nitrogens with one attached hydrogen (secondary N) is 1. The van der Waals surface area contributed by atoms with Gasteiger partial charge in [0, 0.05) is 11.6 Å². The molecular weight excluding hydrogens is 370 g/mol. The van der Waals surface area contributed by atoms with Crippen LogP contribution >= 0.6 is 11.8 Å². The van der Waals surface area contributed by atoms with E-state index in [1.165, 1.54) is 0 Å². The number of nitrogens with zero attached hydrogens (tertiary/aromatic N) is 2. The molecule has 0 aliphatic carbocycles. The molecule has 1 aliphatic rings. The Kier molecular flexibility index (Phi) is 5.62. The lowest BCUT2D eigenvalue weighted by Gasteiger charge is -2.10. The van der Waals surface area contributed by atoms with Crippen LogP contribution < -0.4 is 10.1 Å². The van der Waals surface area contributed by atoms with Crippen LogP contribution in [0, 0.1) is 5.82 Å². The number of halogens is 4. The molecule has 1 aromatic carbocycles. The first-order chi connectivity index (χ1) is 11.6. The first kappa shape index (κ1) is 18.7. The monoisotopic (exact) mass is 379 g/mol. The van der Waals surface area contributed by atoms with Crippen molar-refractivity contribution < 1.29 is 37.0 Å². The van der Waals surface area contributed by atoms with E-state index in [2.05, 4.69) is 20.3 Å². The van der Waals surface area contributed by atoms with E-state index in [1.807, 2.05) is 0 Å². The molecule has 0 spiro atoms. The van der Waals surface area contributed by atoms with Crippen molar-refractivity contribution in [2.75, 3.05) is 0 Å². The minimum absolute atomic E-state index is 0.00657. The maximum atomic E-state index is 13.1. The first-order valence-electron chi connectivity index (χ1n) is 6.49. The number of amidine groups is 1. The van der Waals surface area contributed by atoms with E-state index >= 15 is 0 Å². The topological polar surface area (TPSA) is 100 Å². The Balaban J connectivity index is 2.12. The fourth-order valence-electron chi connectivity index (χ4n) is 1.72. The zero-order valence-electron chi connectivity index (χ0n) is 12.1. The molecule has 0 saturated carbocycles. The largest absolute Gasteiger partial charge is 0.573 e. The van der Waals surface area contributed by atoms with Gasteiger partial charge in [-0.25, -0.2) is 4.39 Å². The minimum atomic E-state index is -5.01. The van der Waals surface area contributed by atoms with Gasteiger partial charge in [0.05, 0.1) is 12.6 Å². The van der Waals surface area contributed by atoms with Gasteiger partial charge >= 0.3 is 12.3 Å². The molecule has 1 aliphatic heterocycles. The summed E-state index contributed by atoms with van der Waals surface area (Å²) in [7, 11) is 0. The van der Waals surface area contributed by atoms with Crippen molar-refractivity contribution in [2.24, 2.45) is 10.2 Å². The molecule has 0 aromatic heterocycles. The lowest BCUT2D eigenvalue weighted by Crippen LogP contribution is -2.26. The summed E-state index contributed by atoms with van der Waals surface area (Å²) in [6.07, 6.45) is -4.55. The van der Waals surface area contributed by atoms with Gasteiger partial charge in [0.25, 0.3) is 0 Å². The minimum Gasteiger partial charge on any atom is -0.481 e. The van der Waals surface area contributed by atoms with Gasteiger partial charge < -0.3 is 15.2 Å². The highest BCUT2D eigenvalue weighted by Gasteiger charge is 2.33. The molecule has 0 radical (unpaired) electrons. The number of carbonyl (C=O) groups is 2. The molecule has 7 nitrogen and oxygen atoms in total. The number of amides is 1. The average Bonchev–Trinajstić information content (AvgIpc) is 2.79. The third-order valence-corrected chi connectivity index (χ3v) is 3.76. The number of ether oxygens (including phenoxy) is 1. The predicted molar refractivity (Wildman–Crippen MR) is 79.9 cm³/mol. The number of hydrogen-bond donors (Lipinski definition) is 2. The second kappa shape index (κ2) is 7.51. The van der Waals surface area contributed by atoms with E-state index in [9.17, 15) is 27.2 Å². The highest BCUT2D eigenvalue weighted by molar-refractivity contribution is 8.15. The second-order valence-electron chi connectivity index (χ2n) is 4.57. The number of carboxylic acids is 1. The maximum Gasteiger partial charge on any atom is 0.573 e. The quantitative estimate of drug-likeness (QED) is 0.464. The van der Waals surface area contributed by atoms with Crippen molar-refractivity contribution in [3.8, 4) is 5.75 Å². The van der Waals surface area contributed by atoms with E-state index in [4.69, 9.17) is 5.11 Å². The van der Waals surface area contributed by atoms with Crippen LogP contribution in [0.15, 0.2) is 28.4 Å². The molecule has 2 N–H and O–H groups in total. The zero-order valence-corrected chi connectivity index (χ0v) is 12.9. The molecule has 1 unspecified atom stereocenters. The van der Waals surface area contributed by atoms with E-state index in [-0.39, 0.29) is 10.7 Å². The standard InChI is InChI=1S/C13H9F4N3O4S/c14-7-2-1-6(8(3-7)24-13(15,16)17)5-18-20-12-19-11(23)9(25-12)4-10(21)22/h1-3,5,9H,4H2,(H,21,22)(H,19,20,23).